The van der Waals surface area contributed by atoms with Crippen LogP contribution in [0.5, 0.6) is 0 Å². The maximum absolute atomic E-state index is 5.84. The van der Waals surface area contributed by atoms with E-state index in [4.69, 9.17) is 10.7 Å². The first-order valence-electron chi connectivity index (χ1n) is 11.4. The molecule has 0 unspecified atom stereocenters. The van der Waals surface area contributed by atoms with E-state index >= 15 is 0 Å². The predicted octanol–water partition coefficient (Wildman–Crippen LogP) is 4.78. The van der Waals surface area contributed by atoms with Crippen LogP contribution in [-0.2, 0) is 6.42 Å². The van der Waals surface area contributed by atoms with E-state index in [1.54, 1.807) is 0 Å². The first kappa shape index (κ1) is 19.9. The van der Waals surface area contributed by atoms with E-state index in [1.165, 1.54) is 62.6 Å². The summed E-state index contributed by atoms with van der Waals surface area (Å²) in [4.78, 5) is 7.49. The predicted molar refractivity (Wildman–Crippen MR) is 118 cm³/mol. The number of nitrogens with zero attached hydrogens (tertiary/aromatic N) is 3. The van der Waals surface area contributed by atoms with Crippen LogP contribution in [0, 0.1) is 11.3 Å². The van der Waals surface area contributed by atoms with Crippen LogP contribution in [0.2, 0.25) is 0 Å². The van der Waals surface area contributed by atoms with Crippen molar-refractivity contribution in [2.75, 3.05) is 19.6 Å². The van der Waals surface area contributed by atoms with Gasteiger partial charge in [-0.3, -0.25) is 0 Å². The Bertz CT molecular complexity index is 771. The lowest BCUT2D eigenvalue weighted by Crippen LogP contribution is -2.44. The first-order chi connectivity index (χ1) is 13.5. The van der Waals surface area contributed by atoms with Gasteiger partial charge in [0.15, 0.2) is 0 Å². The van der Waals surface area contributed by atoms with Crippen LogP contribution >= 0.6 is 0 Å². The SMILES string of the molecule is CC(C)(C)[C@H]1CC[C@@H](N2CCC(n3cc(CCN)c4cccnc43)CC2)CC1. The highest BCUT2D eigenvalue weighted by molar-refractivity contribution is 5.80. The summed E-state index contributed by atoms with van der Waals surface area (Å²) in [5.74, 6) is 0.902. The van der Waals surface area contributed by atoms with Crippen molar-refractivity contribution in [1.82, 2.24) is 14.5 Å². The van der Waals surface area contributed by atoms with E-state index in [0.29, 0.717) is 18.0 Å². The Labute approximate surface area is 170 Å². The van der Waals surface area contributed by atoms with Crippen LogP contribution in [0.4, 0.5) is 0 Å². The maximum atomic E-state index is 5.84. The fourth-order valence-electron chi connectivity index (χ4n) is 5.62. The number of piperidine rings is 1. The molecule has 4 heteroatoms. The minimum atomic E-state index is 0.474. The van der Waals surface area contributed by atoms with Gasteiger partial charge in [-0.1, -0.05) is 20.8 Å². The number of hydrogen-bond acceptors (Lipinski definition) is 3. The molecule has 0 radical (unpaired) electrons. The number of fused-ring (bicyclic) bond motifs is 1. The molecule has 2 aromatic heterocycles. The van der Waals surface area contributed by atoms with Crippen molar-refractivity contribution in [2.24, 2.45) is 17.1 Å². The Morgan fingerprint density at radius 3 is 2.39 bits per heavy atom. The van der Waals surface area contributed by atoms with Crippen molar-refractivity contribution in [1.29, 1.82) is 0 Å². The smallest absolute Gasteiger partial charge is 0.140 e. The first-order valence-corrected chi connectivity index (χ1v) is 11.4. The molecule has 2 fully saturated rings. The molecule has 0 aromatic carbocycles. The average Bonchev–Trinajstić information content (AvgIpc) is 3.07. The Balaban J connectivity index is 1.39. The molecule has 3 heterocycles. The molecule has 0 bridgehead atoms. The molecule has 0 spiro atoms. The second-order valence-electron chi connectivity index (χ2n) is 10.1. The van der Waals surface area contributed by atoms with E-state index in [-0.39, 0.29) is 0 Å². The van der Waals surface area contributed by atoms with Gasteiger partial charge in [0.05, 0.1) is 0 Å². The molecule has 0 amide bonds. The van der Waals surface area contributed by atoms with Gasteiger partial charge in [-0.25, -0.2) is 4.98 Å². The van der Waals surface area contributed by atoms with Gasteiger partial charge in [-0.2, -0.15) is 0 Å². The van der Waals surface area contributed by atoms with Crippen molar-refractivity contribution in [3.63, 3.8) is 0 Å². The molecule has 4 rings (SSSR count). The molecule has 2 aliphatic rings. The molecular formula is C24H38N4. The lowest BCUT2D eigenvalue weighted by atomic mass is 9.71. The van der Waals surface area contributed by atoms with Gasteiger partial charge in [-0.05, 0) is 80.5 Å². The number of nitrogens with two attached hydrogens (primary N) is 1. The highest BCUT2D eigenvalue weighted by atomic mass is 15.2. The van der Waals surface area contributed by atoms with E-state index in [9.17, 15) is 0 Å². The highest BCUT2D eigenvalue weighted by Gasteiger charge is 2.33. The number of aromatic nitrogens is 2. The van der Waals surface area contributed by atoms with Crippen LogP contribution in [0.25, 0.3) is 11.0 Å². The molecule has 1 aliphatic heterocycles. The molecule has 28 heavy (non-hydrogen) atoms. The molecular weight excluding hydrogens is 344 g/mol. The van der Waals surface area contributed by atoms with Crippen LogP contribution in [0.1, 0.15) is 70.9 Å². The zero-order valence-electron chi connectivity index (χ0n) is 18.0. The van der Waals surface area contributed by atoms with Gasteiger partial charge in [0.2, 0.25) is 0 Å². The largest absolute Gasteiger partial charge is 0.330 e. The Morgan fingerprint density at radius 2 is 1.75 bits per heavy atom. The van der Waals surface area contributed by atoms with Crippen molar-refractivity contribution in [3.05, 3.63) is 30.1 Å². The van der Waals surface area contributed by atoms with Crippen molar-refractivity contribution in [3.8, 4) is 0 Å². The summed E-state index contributed by atoms with van der Waals surface area (Å²) in [7, 11) is 0. The molecule has 154 valence electrons. The lowest BCUT2D eigenvalue weighted by Gasteiger charge is -2.43. The van der Waals surface area contributed by atoms with E-state index in [1.807, 2.05) is 12.3 Å². The van der Waals surface area contributed by atoms with Crippen molar-refractivity contribution < 1.29 is 0 Å². The topological polar surface area (TPSA) is 47.1 Å². The summed E-state index contributed by atoms with van der Waals surface area (Å²) in [5, 5.41) is 1.29. The molecule has 1 aliphatic carbocycles. The van der Waals surface area contributed by atoms with Gasteiger partial charge in [0.1, 0.15) is 5.65 Å². The quantitative estimate of drug-likeness (QED) is 0.828. The zero-order valence-corrected chi connectivity index (χ0v) is 18.0. The number of likely N-dealkylation sites (tertiary alicyclic amines) is 1. The summed E-state index contributed by atoms with van der Waals surface area (Å²) >= 11 is 0. The number of hydrogen-bond donors (Lipinski definition) is 1. The Hall–Kier alpha value is -1.39. The third-order valence-corrected chi connectivity index (χ3v) is 7.42. The van der Waals surface area contributed by atoms with Crippen LogP contribution in [0.15, 0.2) is 24.5 Å². The fraction of sp³-hybridized carbons (Fsp3) is 0.708. The summed E-state index contributed by atoms with van der Waals surface area (Å²) in [5.41, 5.74) is 8.82. The molecule has 1 saturated heterocycles. The third kappa shape index (κ3) is 3.99. The van der Waals surface area contributed by atoms with Crippen molar-refractivity contribution in [2.45, 2.75) is 77.8 Å². The molecule has 4 nitrogen and oxygen atoms in total. The second kappa shape index (κ2) is 8.16. The van der Waals surface area contributed by atoms with Gasteiger partial charge in [-0.15, -0.1) is 0 Å². The highest BCUT2D eigenvalue weighted by Crippen LogP contribution is 2.40. The standard InChI is InChI=1S/C24H38N4/c1-24(2,3)19-6-8-20(9-7-19)27-15-11-21(12-16-27)28-17-18(10-13-25)22-5-4-14-26-23(22)28/h4-5,14,17,19-21H,6-13,15-16,25H2,1-3H3/t19-,20+. The zero-order chi connectivity index (χ0) is 19.7. The van der Waals surface area contributed by atoms with Gasteiger partial charge in [0, 0.05) is 43.0 Å². The second-order valence-corrected chi connectivity index (χ2v) is 10.1. The molecule has 2 aromatic rings. The van der Waals surface area contributed by atoms with E-state index < -0.39 is 0 Å². The maximum Gasteiger partial charge on any atom is 0.140 e. The monoisotopic (exact) mass is 382 g/mol. The van der Waals surface area contributed by atoms with Crippen LogP contribution in [0.3, 0.4) is 0 Å². The van der Waals surface area contributed by atoms with Gasteiger partial charge < -0.3 is 15.2 Å². The summed E-state index contributed by atoms with van der Waals surface area (Å²) in [6, 6.07) is 5.63. The summed E-state index contributed by atoms with van der Waals surface area (Å²) < 4.78 is 2.45. The Kier molecular flexibility index (Phi) is 5.80. The fourth-order valence-corrected chi connectivity index (χ4v) is 5.62. The van der Waals surface area contributed by atoms with Crippen molar-refractivity contribution >= 4 is 11.0 Å². The van der Waals surface area contributed by atoms with E-state index in [2.05, 4.69) is 42.5 Å². The van der Waals surface area contributed by atoms with Crippen LogP contribution < -0.4 is 5.73 Å². The third-order valence-electron chi connectivity index (χ3n) is 7.42. The average molecular weight is 383 g/mol. The summed E-state index contributed by atoms with van der Waals surface area (Å²) in [6.07, 6.45) is 13.3. The normalized spacial score (nSPS) is 25.4. The minimum Gasteiger partial charge on any atom is -0.330 e. The molecule has 1 saturated carbocycles. The van der Waals surface area contributed by atoms with E-state index in [0.717, 1.165) is 24.0 Å². The molecule has 2 N–H and O–H groups in total. The van der Waals surface area contributed by atoms with Gasteiger partial charge in [0.25, 0.3) is 0 Å². The number of rotatable bonds is 4. The number of pyridine rings is 1. The lowest BCUT2D eigenvalue weighted by molar-refractivity contribution is 0.0722. The Morgan fingerprint density at radius 1 is 1.04 bits per heavy atom. The van der Waals surface area contributed by atoms with Crippen LogP contribution in [-0.4, -0.2) is 40.1 Å². The minimum absolute atomic E-state index is 0.474. The summed E-state index contributed by atoms with van der Waals surface area (Å²) in [6.45, 7) is 10.4. The van der Waals surface area contributed by atoms with Gasteiger partial charge >= 0.3 is 0 Å². The molecule has 0 atom stereocenters.